The van der Waals surface area contributed by atoms with Gasteiger partial charge in [0.2, 0.25) is 0 Å². The molecular weight excluding hydrogens is 264 g/mol. The van der Waals surface area contributed by atoms with Crippen molar-refractivity contribution in [2.24, 2.45) is 0 Å². The molecule has 0 aliphatic rings. The molecule has 5 heteroatoms. The Hall–Kier alpha value is -2.30. The Kier molecular flexibility index (Phi) is 4.62. The van der Waals surface area contributed by atoms with E-state index in [0.717, 1.165) is 17.8 Å². The molecule has 0 atom stereocenters. The van der Waals surface area contributed by atoms with Gasteiger partial charge in [0.15, 0.2) is 0 Å². The minimum atomic E-state index is -0.0312. The van der Waals surface area contributed by atoms with Crippen molar-refractivity contribution in [3.05, 3.63) is 41.7 Å². The first-order valence-electron chi connectivity index (χ1n) is 7.34. The van der Waals surface area contributed by atoms with Gasteiger partial charge in [0, 0.05) is 24.5 Å². The van der Waals surface area contributed by atoms with Crippen molar-refractivity contribution in [3.63, 3.8) is 0 Å². The molecule has 0 saturated heterocycles. The average Bonchev–Trinajstić information content (AvgIpc) is 2.93. The summed E-state index contributed by atoms with van der Waals surface area (Å²) in [4.78, 5) is 14.5. The largest absolute Gasteiger partial charge is 0.399 e. The Morgan fingerprint density at radius 3 is 2.43 bits per heavy atom. The van der Waals surface area contributed by atoms with E-state index >= 15 is 0 Å². The number of rotatable bonds is 5. The Balaban J connectivity index is 2.36. The number of benzene rings is 1. The lowest BCUT2D eigenvalue weighted by Crippen LogP contribution is -2.32. The third-order valence-corrected chi connectivity index (χ3v) is 3.48. The first-order chi connectivity index (χ1) is 10.1. The Labute approximate surface area is 125 Å². The van der Waals surface area contributed by atoms with Crippen molar-refractivity contribution in [1.29, 1.82) is 0 Å². The first kappa shape index (κ1) is 15.1. The van der Waals surface area contributed by atoms with Gasteiger partial charge in [-0.1, -0.05) is 6.92 Å². The first-order valence-corrected chi connectivity index (χ1v) is 7.34. The van der Waals surface area contributed by atoms with E-state index in [0.29, 0.717) is 24.5 Å². The highest BCUT2D eigenvalue weighted by molar-refractivity contribution is 6.05. The number of nitrogens with two attached hydrogens (primary N) is 1. The number of carbonyl (C=O) groups excluding carboxylic acids is 1. The van der Waals surface area contributed by atoms with Crippen molar-refractivity contribution in [3.8, 4) is 0 Å². The van der Waals surface area contributed by atoms with Gasteiger partial charge in [-0.05, 0) is 50.6 Å². The topological polar surface area (TPSA) is 64.2 Å². The number of aromatic nitrogens is 2. The van der Waals surface area contributed by atoms with E-state index in [1.54, 1.807) is 21.7 Å². The van der Waals surface area contributed by atoms with Crippen molar-refractivity contribution in [2.45, 2.75) is 33.7 Å². The van der Waals surface area contributed by atoms with Crippen molar-refractivity contribution >= 4 is 17.3 Å². The summed E-state index contributed by atoms with van der Waals surface area (Å²) < 4.78 is 1.77. The van der Waals surface area contributed by atoms with Crippen LogP contribution in [0, 0.1) is 0 Å². The standard InChI is InChI=1S/C16H22N4O/c1-4-13-11-15(20(6-3)18-13)16(21)19(5-2)14-9-7-12(17)8-10-14/h7-11H,4-6,17H2,1-3H3. The number of aryl methyl sites for hydroxylation is 2. The SMILES string of the molecule is CCc1cc(C(=O)N(CC)c2ccc(N)cc2)n(CC)n1. The van der Waals surface area contributed by atoms with Crippen molar-refractivity contribution in [2.75, 3.05) is 17.2 Å². The molecule has 0 radical (unpaired) electrons. The predicted octanol–water partition coefficient (Wildman–Crippen LogP) is 2.71. The zero-order valence-electron chi connectivity index (χ0n) is 12.8. The van der Waals surface area contributed by atoms with E-state index in [4.69, 9.17) is 5.73 Å². The molecule has 1 aromatic heterocycles. The summed E-state index contributed by atoms with van der Waals surface area (Å²) in [5, 5.41) is 4.44. The predicted molar refractivity (Wildman–Crippen MR) is 85.5 cm³/mol. The molecule has 0 unspecified atom stereocenters. The highest BCUT2D eigenvalue weighted by Crippen LogP contribution is 2.19. The second-order valence-electron chi connectivity index (χ2n) is 4.83. The lowest BCUT2D eigenvalue weighted by atomic mass is 10.2. The van der Waals surface area contributed by atoms with Crippen molar-refractivity contribution < 1.29 is 4.79 Å². The molecule has 0 aliphatic carbocycles. The van der Waals surface area contributed by atoms with Crippen LogP contribution < -0.4 is 10.6 Å². The van der Waals surface area contributed by atoms with Crippen LogP contribution >= 0.6 is 0 Å². The van der Waals surface area contributed by atoms with Crippen LogP contribution in [0.15, 0.2) is 30.3 Å². The van der Waals surface area contributed by atoms with Gasteiger partial charge in [-0.15, -0.1) is 0 Å². The molecule has 1 heterocycles. The van der Waals surface area contributed by atoms with E-state index in [2.05, 4.69) is 5.10 Å². The molecule has 0 spiro atoms. The molecule has 0 saturated carbocycles. The molecule has 21 heavy (non-hydrogen) atoms. The number of anilines is 2. The van der Waals surface area contributed by atoms with E-state index in [9.17, 15) is 4.79 Å². The Bertz CT molecular complexity index is 616. The van der Waals surface area contributed by atoms with Crippen LogP contribution in [-0.4, -0.2) is 22.2 Å². The zero-order chi connectivity index (χ0) is 15.4. The number of hydrogen-bond donors (Lipinski definition) is 1. The fraction of sp³-hybridized carbons (Fsp3) is 0.375. The summed E-state index contributed by atoms with van der Waals surface area (Å²) >= 11 is 0. The second kappa shape index (κ2) is 6.43. The number of carbonyl (C=O) groups is 1. The molecule has 1 amide bonds. The third kappa shape index (κ3) is 3.07. The normalized spacial score (nSPS) is 10.6. The quantitative estimate of drug-likeness (QED) is 0.859. The van der Waals surface area contributed by atoms with Crippen LogP contribution in [0.3, 0.4) is 0 Å². The number of nitrogens with zero attached hydrogens (tertiary/aromatic N) is 3. The second-order valence-corrected chi connectivity index (χ2v) is 4.83. The van der Waals surface area contributed by atoms with Crippen LogP contribution in [-0.2, 0) is 13.0 Å². The number of nitrogen functional groups attached to an aromatic ring is 1. The fourth-order valence-corrected chi connectivity index (χ4v) is 2.29. The summed E-state index contributed by atoms with van der Waals surface area (Å²) in [7, 11) is 0. The van der Waals surface area contributed by atoms with Gasteiger partial charge in [-0.2, -0.15) is 5.10 Å². The molecule has 0 aliphatic heterocycles. The van der Waals surface area contributed by atoms with E-state index < -0.39 is 0 Å². The monoisotopic (exact) mass is 286 g/mol. The number of amides is 1. The molecule has 5 nitrogen and oxygen atoms in total. The van der Waals surface area contributed by atoms with Gasteiger partial charge in [0.1, 0.15) is 5.69 Å². The molecular formula is C16H22N4O. The maximum Gasteiger partial charge on any atom is 0.276 e. The Morgan fingerprint density at radius 1 is 1.24 bits per heavy atom. The molecule has 0 bridgehead atoms. The minimum absolute atomic E-state index is 0.0312. The third-order valence-electron chi connectivity index (χ3n) is 3.48. The molecule has 2 aromatic rings. The molecule has 2 rings (SSSR count). The average molecular weight is 286 g/mol. The van der Waals surface area contributed by atoms with Crippen molar-refractivity contribution in [1.82, 2.24) is 9.78 Å². The van der Waals surface area contributed by atoms with Crippen LogP contribution in [0.2, 0.25) is 0 Å². The zero-order valence-corrected chi connectivity index (χ0v) is 12.8. The molecule has 0 fully saturated rings. The highest BCUT2D eigenvalue weighted by atomic mass is 16.2. The lowest BCUT2D eigenvalue weighted by Gasteiger charge is -2.21. The van der Waals surface area contributed by atoms with Gasteiger partial charge < -0.3 is 10.6 Å². The molecule has 2 N–H and O–H groups in total. The van der Waals surface area contributed by atoms with Crippen LogP contribution in [0.4, 0.5) is 11.4 Å². The lowest BCUT2D eigenvalue weighted by molar-refractivity contribution is 0.0978. The summed E-state index contributed by atoms with van der Waals surface area (Å²) in [6, 6.07) is 9.22. The maximum absolute atomic E-state index is 12.8. The van der Waals surface area contributed by atoms with Crippen LogP contribution in [0.25, 0.3) is 0 Å². The number of hydrogen-bond acceptors (Lipinski definition) is 3. The molecule has 112 valence electrons. The summed E-state index contributed by atoms with van der Waals surface area (Å²) in [6.45, 7) is 7.26. The molecule has 1 aromatic carbocycles. The van der Waals surface area contributed by atoms with E-state index in [1.807, 2.05) is 39.0 Å². The van der Waals surface area contributed by atoms with Gasteiger partial charge in [-0.25, -0.2) is 0 Å². The maximum atomic E-state index is 12.8. The smallest absolute Gasteiger partial charge is 0.276 e. The minimum Gasteiger partial charge on any atom is -0.399 e. The van der Waals surface area contributed by atoms with E-state index in [-0.39, 0.29) is 5.91 Å². The van der Waals surface area contributed by atoms with Gasteiger partial charge >= 0.3 is 0 Å². The fourth-order valence-electron chi connectivity index (χ4n) is 2.29. The van der Waals surface area contributed by atoms with E-state index in [1.165, 1.54) is 0 Å². The van der Waals surface area contributed by atoms with Gasteiger partial charge in [0.25, 0.3) is 5.91 Å². The van der Waals surface area contributed by atoms with Crippen LogP contribution in [0.1, 0.15) is 37.0 Å². The summed E-state index contributed by atoms with van der Waals surface area (Å²) in [6.07, 6.45) is 0.821. The Morgan fingerprint density at radius 2 is 1.90 bits per heavy atom. The summed E-state index contributed by atoms with van der Waals surface area (Å²) in [5.41, 5.74) is 8.81. The van der Waals surface area contributed by atoms with Gasteiger partial charge in [-0.3, -0.25) is 9.48 Å². The summed E-state index contributed by atoms with van der Waals surface area (Å²) in [5.74, 6) is -0.0312. The van der Waals surface area contributed by atoms with Crippen LogP contribution in [0.5, 0.6) is 0 Å². The highest BCUT2D eigenvalue weighted by Gasteiger charge is 2.20. The van der Waals surface area contributed by atoms with Gasteiger partial charge in [0.05, 0.1) is 5.69 Å².